The van der Waals surface area contributed by atoms with Crippen LogP contribution >= 0.6 is 16.9 Å². The monoisotopic (exact) mass is 352 g/mol. The third kappa shape index (κ3) is 4.33. The van der Waals surface area contributed by atoms with E-state index < -0.39 is 24.2 Å². The Morgan fingerprint density at radius 3 is 2.00 bits per heavy atom. The molecule has 0 spiro atoms. The molecule has 0 aliphatic carbocycles. The molecule has 0 heterocycles. The fraction of sp³-hybridized carbons (Fsp3) is 0. The molecule has 0 atom stereocenters. The van der Waals surface area contributed by atoms with Crippen molar-refractivity contribution in [2.75, 3.05) is 0 Å². The summed E-state index contributed by atoms with van der Waals surface area (Å²) in [5.41, 5.74) is 0. The van der Waals surface area contributed by atoms with Crippen molar-refractivity contribution in [1.29, 1.82) is 0 Å². The zero-order valence-corrected chi connectivity index (χ0v) is 8.41. The molecule has 0 aromatic heterocycles. The number of hydrogen-bond acceptors (Lipinski definition) is 0. The van der Waals surface area contributed by atoms with Crippen molar-refractivity contribution in [2.24, 2.45) is 0 Å². The fourth-order valence-electron chi connectivity index (χ4n) is 0. The SMILES string of the molecule is [Cl][Y][Ir][Cl]. The Bertz CT molecular complexity index is 8.00. The summed E-state index contributed by atoms with van der Waals surface area (Å²) < 4.78 is 0. The number of halogens is 2. The molecule has 0 bridgehead atoms. The van der Waals surface area contributed by atoms with E-state index in [2.05, 4.69) is 0 Å². The first kappa shape index (κ1) is 6.33. The van der Waals surface area contributed by atoms with E-state index in [-0.39, 0.29) is 11.0 Å². The van der Waals surface area contributed by atoms with Crippen molar-refractivity contribution in [3.05, 3.63) is 0 Å². The second-order valence-electron chi connectivity index (χ2n) is 0.145. The predicted octanol–water partition coefficient (Wildman–Crippen LogP) is 1.37. The van der Waals surface area contributed by atoms with Crippen molar-refractivity contribution in [2.45, 2.75) is 0 Å². The van der Waals surface area contributed by atoms with Crippen LogP contribution in [0.15, 0.2) is 0 Å². The van der Waals surface area contributed by atoms with E-state index in [0.717, 1.165) is 0 Å². The summed E-state index contributed by atoms with van der Waals surface area (Å²) in [4.78, 5) is 0. The van der Waals surface area contributed by atoms with Crippen molar-refractivity contribution >= 4 is 16.9 Å². The first-order valence-corrected chi connectivity index (χ1v) is 16.3. The Morgan fingerprint density at radius 2 is 2.00 bits per heavy atom. The molecule has 0 unspecified atom stereocenters. The molecule has 0 radical (unpaired) electrons. The Kier molecular flexibility index (Phi) is 8.44. The minimum absolute atomic E-state index is 0.0585. The molecule has 0 aliphatic rings. The third-order valence-electron chi connectivity index (χ3n) is 0.0275. The predicted molar refractivity (Wildman–Crippen MR) is 11.7 cm³/mol. The van der Waals surface area contributed by atoms with Crippen LogP contribution in [0.25, 0.3) is 0 Å². The van der Waals surface area contributed by atoms with Gasteiger partial charge in [0, 0.05) is 0 Å². The van der Waals surface area contributed by atoms with E-state index in [9.17, 15) is 0 Å². The maximum absolute atomic E-state index is 5.30. The fourth-order valence-corrected chi connectivity index (χ4v) is 0. The quantitative estimate of drug-likeness (QED) is 0.669. The average molecular weight is 352 g/mol. The van der Waals surface area contributed by atoms with Gasteiger partial charge < -0.3 is 0 Å². The van der Waals surface area contributed by atoms with Crippen molar-refractivity contribution in [3.63, 3.8) is 0 Å². The van der Waals surface area contributed by atoms with Gasteiger partial charge >= 0.3 is 52.2 Å². The van der Waals surface area contributed by atoms with Gasteiger partial charge in [0.15, 0.2) is 0 Å². The summed E-state index contributed by atoms with van der Waals surface area (Å²) >= 11 is -0.601. The average Bonchev–Trinajstić information content (AvgIpc) is 1.37. The third-order valence-corrected chi connectivity index (χ3v) is 12.0. The van der Waals surface area contributed by atoms with Gasteiger partial charge in [-0.15, -0.1) is 0 Å². The second kappa shape index (κ2) is 5.33. The van der Waals surface area contributed by atoms with Crippen molar-refractivity contribution in [1.82, 2.24) is 0 Å². The topological polar surface area (TPSA) is 0 Å². The van der Waals surface area contributed by atoms with Gasteiger partial charge in [0.1, 0.15) is 0 Å². The Morgan fingerprint density at radius 1 is 1.75 bits per heavy atom. The molecule has 0 aliphatic heterocycles. The number of hydrogen-bond donors (Lipinski definition) is 0. The molecule has 4 heavy (non-hydrogen) atoms. The number of rotatable bonds is 1. The van der Waals surface area contributed by atoms with Crippen LogP contribution < -0.4 is 0 Å². The van der Waals surface area contributed by atoms with E-state index in [1.54, 1.807) is 0 Å². The molecule has 0 N–H and O–H groups in total. The summed E-state index contributed by atoms with van der Waals surface area (Å²) in [6, 6.07) is 0. The summed E-state index contributed by atoms with van der Waals surface area (Å²) in [5, 5.41) is 0. The molecule has 26 valence electrons. The first-order valence-electron chi connectivity index (χ1n) is 0.537. The van der Waals surface area contributed by atoms with E-state index in [1.165, 1.54) is 0 Å². The first-order chi connectivity index (χ1) is 1.91. The van der Waals surface area contributed by atoms with Crippen LogP contribution in [0.1, 0.15) is 0 Å². The molecule has 4 heteroatoms. The van der Waals surface area contributed by atoms with Gasteiger partial charge in [-0.1, -0.05) is 0 Å². The minimum atomic E-state index is -0.542. The van der Waals surface area contributed by atoms with Crippen LogP contribution in [-0.2, 0) is 35.3 Å². The molecular weight excluding hydrogens is 352 g/mol. The molecule has 0 saturated heterocycles. The summed E-state index contributed by atoms with van der Waals surface area (Å²) in [6.07, 6.45) is 0. The van der Waals surface area contributed by atoms with Gasteiger partial charge in [0.05, 0.1) is 0 Å². The van der Waals surface area contributed by atoms with Crippen molar-refractivity contribution < 1.29 is 35.3 Å². The van der Waals surface area contributed by atoms with E-state index in [0.29, 0.717) is 0 Å². The van der Waals surface area contributed by atoms with Crippen molar-refractivity contribution in [3.8, 4) is 0 Å². The molecule has 0 saturated carbocycles. The summed E-state index contributed by atoms with van der Waals surface area (Å²) in [7, 11) is 10.6. The second-order valence-corrected chi connectivity index (χ2v) is 21.1. The molecule has 0 fully saturated rings. The van der Waals surface area contributed by atoms with Crippen LogP contribution in [0.5, 0.6) is 0 Å². The summed E-state index contributed by atoms with van der Waals surface area (Å²) in [5.74, 6) is 0. The normalized spacial score (nSPS) is 6.50. The van der Waals surface area contributed by atoms with Gasteiger partial charge in [0.25, 0.3) is 0 Å². The molecule has 0 rings (SSSR count). The van der Waals surface area contributed by atoms with Gasteiger partial charge in [0.2, 0.25) is 0 Å². The van der Waals surface area contributed by atoms with Crippen LogP contribution in [-0.4, -0.2) is 0 Å². The zero-order chi connectivity index (χ0) is 3.41. The van der Waals surface area contributed by atoms with Gasteiger partial charge in [-0.25, -0.2) is 0 Å². The van der Waals surface area contributed by atoms with E-state index >= 15 is 0 Å². The van der Waals surface area contributed by atoms with Crippen LogP contribution in [0.4, 0.5) is 0 Å². The summed E-state index contributed by atoms with van der Waals surface area (Å²) in [6.45, 7) is 0. The standard InChI is InChI=1S/2ClH.Ir.Y/h2*1H;;/q;;2*+1/p-2. The zero-order valence-electron chi connectivity index (χ0n) is 1.67. The van der Waals surface area contributed by atoms with E-state index in [1.807, 2.05) is 0 Å². The van der Waals surface area contributed by atoms with Gasteiger partial charge in [-0.2, -0.15) is 0 Å². The molecule has 0 aromatic rings. The van der Waals surface area contributed by atoms with Gasteiger partial charge in [-0.3, -0.25) is 0 Å². The van der Waals surface area contributed by atoms with Crippen LogP contribution in [0.3, 0.4) is 0 Å². The Balaban J connectivity index is 1.97. The van der Waals surface area contributed by atoms with Crippen LogP contribution in [0.2, 0.25) is 0 Å². The van der Waals surface area contributed by atoms with E-state index in [4.69, 9.17) is 16.9 Å². The van der Waals surface area contributed by atoms with Crippen LogP contribution in [0, 0.1) is 0 Å². The molecular formula is Cl2IrY. The Hall–Kier alpha value is 2.33. The molecule has 0 nitrogen and oxygen atoms in total. The molecule has 0 amide bonds. The Labute approximate surface area is 51.1 Å². The molecule has 0 aromatic carbocycles. The van der Waals surface area contributed by atoms with Gasteiger partial charge in [-0.05, 0) is 0 Å². The maximum atomic E-state index is 5.30.